The minimum Gasteiger partial charge on any atom is -0.394 e. The maximum absolute atomic E-state index is 9.41. The van der Waals surface area contributed by atoms with Crippen LogP contribution in [0.5, 0.6) is 0 Å². The van der Waals surface area contributed by atoms with E-state index in [0.717, 1.165) is 0 Å². The Balaban J connectivity index is 2.50. The molecule has 0 bridgehead atoms. The third kappa shape index (κ3) is 2.38. The van der Waals surface area contributed by atoms with Crippen molar-refractivity contribution in [1.29, 1.82) is 0 Å². The van der Waals surface area contributed by atoms with Gasteiger partial charge in [-0.15, -0.1) is 0 Å². The van der Waals surface area contributed by atoms with Crippen LogP contribution in [0.3, 0.4) is 0 Å². The molecule has 0 aromatic heterocycles. The summed E-state index contributed by atoms with van der Waals surface area (Å²) in [6, 6.07) is 0. The molecular weight excluding hydrogens is 176 g/mol. The van der Waals surface area contributed by atoms with Gasteiger partial charge in [-0.2, -0.15) is 0 Å². The van der Waals surface area contributed by atoms with Crippen LogP contribution in [0.4, 0.5) is 0 Å². The molecule has 1 aliphatic rings. The Morgan fingerprint density at radius 3 is 2.15 bits per heavy atom. The average molecular weight is 192 g/mol. The molecule has 0 aromatic rings. The van der Waals surface area contributed by atoms with Gasteiger partial charge in [0, 0.05) is 6.42 Å². The molecule has 4 N–H and O–H groups in total. The van der Waals surface area contributed by atoms with Crippen LogP contribution in [0.25, 0.3) is 0 Å². The third-order valence-corrected chi connectivity index (χ3v) is 2.21. The summed E-state index contributed by atoms with van der Waals surface area (Å²) in [6.45, 7) is 1.25. The van der Waals surface area contributed by atoms with E-state index in [4.69, 9.17) is 14.9 Å². The van der Waals surface area contributed by atoms with Crippen LogP contribution in [-0.4, -0.2) is 57.6 Å². The fourth-order valence-electron chi connectivity index (χ4n) is 1.51. The van der Waals surface area contributed by atoms with Crippen LogP contribution in [0.2, 0.25) is 0 Å². The van der Waals surface area contributed by atoms with E-state index in [-0.39, 0.29) is 13.0 Å². The molecule has 13 heavy (non-hydrogen) atoms. The van der Waals surface area contributed by atoms with Crippen LogP contribution in [0.15, 0.2) is 0 Å². The summed E-state index contributed by atoms with van der Waals surface area (Å²) in [5, 5.41) is 36.5. The molecule has 1 rings (SSSR count). The average Bonchev–Trinajstić information content (AvgIpc) is 2.32. The Morgan fingerprint density at radius 1 is 1.23 bits per heavy atom. The van der Waals surface area contributed by atoms with Crippen molar-refractivity contribution in [3.8, 4) is 0 Å². The van der Waals surface area contributed by atoms with E-state index in [1.54, 1.807) is 6.92 Å². The molecule has 0 aromatic carbocycles. The summed E-state index contributed by atoms with van der Waals surface area (Å²) in [7, 11) is 0. The standard InChI is InChI=1S/C8H16O5/c1-4(10)2-5-7(11)8(12)6(3-9)13-5/h4-12H,2-3H2,1H3/t4?,5-,6-,7-,8-/m1/s1. The Kier molecular flexibility index (Phi) is 3.63. The zero-order valence-corrected chi connectivity index (χ0v) is 7.50. The van der Waals surface area contributed by atoms with Gasteiger partial charge in [0.05, 0.1) is 18.8 Å². The molecule has 0 amide bonds. The third-order valence-electron chi connectivity index (χ3n) is 2.21. The Morgan fingerprint density at radius 2 is 1.77 bits per heavy atom. The molecule has 1 saturated heterocycles. The van der Waals surface area contributed by atoms with Crippen LogP contribution < -0.4 is 0 Å². The van der Waals surface area contributed by atoms with Crippen LogP contribution >= 0.6 is 0 Å². The van der Waals surface area contributed by atoms with Gasteiger partial charge >= 0.3 is 0 Å². The van der Waals surface area contributed by atoms with E-state index in [1.165, 1.54) is 0 Å². The topological polar surface area (TPSA) is 90.2 Å². The molecule has 1 fully saturated rings. The van der Waals surface area contributed by atoms with E-state index in [0.29, 0.717) is 0 Å². The first-order valence-corrected chi connectivity index (χ1v) is 4.36. The summed E-state index contributed by atoms with van der Waals surface area (Å²) in [4.78, 5) is 0. The Hall–Kier alpha value is -0.200. The normalized spacial score (nSPS) is 42.2. The second-order valence-electron chi connectivity index (χ2n) is 3.46. The maximum atomic E-state index is 9.41. The Labute approximate surface area is 76.6 Å². The van der Waals surface area contributed by atoms with Gasteiger partial charge < -0.3 is 25.2 Å². The summed E-state index contributed by atoms with van der Waals surface area (Å²) in [6.07, 6.45) is -3.75. The minimum atomic E-state index is -1.06. The van der Waals surface area contributed by atoms with Crippen molar-refractivity contribution >= 4 is 0 Å². The second kappa shape index (κ2) is 4.34. The van der Waals surface area contributed by atoms with Crippen molar-refractivity contribution < 1.29 is 25.2 Å². The van der Waals surface area contributed by atoms with Gasteiger partial charge in [-0.25, -0.2) is 0 Å². The largest absolute Gasteiger partial charge is 0.394 e. The second-order valence-corrected chi connectivity index (χ2v) is 3.46. The highest BCUT2D eigenvalue weighted by molar-refractivity contribution is 4.90. The lowest BCUT2D eigenvalue weighted by Crippen LogP contribution is -2.34. The van der Waals surface area contributed by atoms with Crippen molar-refractivity contribution in [2.75, 3.05) is 6.61 Å². The lowest BCUT2D eigenvalue weighted by molar-refractivity contribution is -0.0355. The molecule has 1 unspecified atom stereocenters. The highest BCUT2D eigenvalue weighted by atomic mass is 16.6. The van der Waals surface area contributed by atoms with E-state index in [1.807, 2.05) is 0 Å². The van der Waals surface area contributed by atoms with E-state index < -0.39 is 30.5 Å². The van der Waals surface area contributed by atoms with Crippen LogP contribution in [0, 0.1) is 0 Å². The molecule has 0 spiro atoms. The SMILES string of the molecule is CC(O)C[C@H]1O[C@H](CO)[C@@H](O)[C@@H]1O. The zero-order valence-electron chi connectivity index (χ0n) is 7.50. The molecule has 78 valence electrons. The van der Waals surface area contributed by atoms with Crippen LogP contribution in [-0.2, 0) is 4.74 Å². The number of aliphatic hydroxyl groups is 4. The highest BCUT2D eigenvalue weighted by Gasteiger charge is 2.42. The first-order valence-electron chi connectivity index (χ1n) is 4.36. The number of hydrogen-bond donors (Lipinski definition) is 4. The number of aliphatic hydroxyl groups excluding tert-OH is 4. The monoisotopic (exact) mass is 192 g/mol. The van der Waals surface area contributed by atoms with Crippen molar-refractivity contribution in [2.24, 2.45) is 0 Å². The fraction of sp³-hybridized carbons (Fsp3) is 1.00. The van der Waals surface area contributed by atoms with Gasteiger partial charge in [-0.05, 0) is 6.92 Å². The highest BCUT2D eigenvalue weighted by Crippen LogP contribution is 2.24. The molecule has 5 nitrogen and oxygen atoms in total. The smallest absolute Gasteiger partial charge is 0.111 e. The zero-order chi connectivity index (χ0) is 10.0. The van der Waals surface area contributed by atoms with Crippen molar-refractivity contribution in [3.63, 3.8) is 0 Å². The Bertz CT molecular complexity index is 161. The predicted octanol–water partition coefficient (Wildman–Crippen LogP) is -1.76. The summed E-state index contributed by atoms with van der Waals surface area (Å²) < 4.78 is 5.14. The lowest BCUT2D eigenvalue weighted by Gasteiger charge is -2.15. The van der Waals surface area contributed by atoms with Gasteiger partial charge in [0.1, 0.15) is 18.3 Å². The van der Waals surface area contributed by atoms with Crippen molar-refractivity contribution in [1.82, 2.24) is 0 Å². The van der Waals surface area contributed by atoms with Crippen molar-refractivity contribution in [2.45, 2.75) is 43.9 Å². The summed E-state index contributed by atoms with van der Waals surface area (Å²) in [5.41, 5.74) is 0. The van der Waals surface area contributed by atoms with Crippen LogP contribution in [0.1, 0.15) is 13.3 Å². The van der Waals surface area contributed by atoms with E-state index in [2.05, 4.69) is 0 Å². The summed E-state index contributed by atoms with van der Waals surface area (Å²) >= 11 is 0. The van der Waals surface area contributed by atoms with Gasteiger partial charge in [-0.3, -0.25) is 0 Å². The molecule has 1 aliphatic heterocycles. The first-order chi connectivity index (χ1) is 6.06. The fourth-order valence-corrected chi connectivity index (χ4v) is 1.51. The summed E-state index contributed by atoms with van der Waals surface area (Å²) in [5.74, 6) is 0. The molecule has 5 atom stereocenters. The molecule has 1 heterocycles. The molecule has 0 radical (unpaired) electrons. The molecule has 0 saturated carbocycles. The molecular formula is C8H16O5. The number of hydrogen-bond acceptors (Lipinski definition) is 5. The predicted molar refractivity (Wildman–Crippen MR) is 44.1 cm³/mol. The molecule has 5 heteroatoms. The maximum Gasteiger partial charge on any atom is 0.111 e. The van der Waals surface area contributed by atoms with E-state index >= 15 is 0 Å². The van der Waals surface area contributed by atoms with Gasteiger partial charge in [0.2, 0.25) is 0 Å². The number of ether oxygens (including phenoxy) is 1. The molecule has 0 aliphatic carbocycles. The quantitative estimate of drug-likeness (QED) is 0.425. The van der Waals surface area contributed by atoms with Crippen molar-refractivity contribution in [3.05, 3.63) is 0 Å². The lowest BCUT2D eigenvalue weighted by atomic mass is 10.0. The number of rotatable bonds is 3. The first kappa shape index (κ1) is 10.9. The van der Waals surface area contributed by atoms with Gasteiger partial charge in [-0.1, -0.05) is 0 Å². The van der Waals surface area contributed by atoms with Gasteiger partial charge in [0.25, 0.3) is 0 Å². The minimum absolute atomic E-state index is 0.259. The van der Waals surface area contributed by atoms with E-state index in [9.17, 15) is 10.2 Å². The van der Waals surface area contributed by atoms with Gasteiger partial charge in [0.15, 0.2) is 0 Å².